The number of aliphatic hydroxyl groups is 1. The van der Waals surface area contributed by atoms with Crippen molar-refractivity contribution < 1.29 is 5.11 Å². The molecular weight excluding hydrogens is 262 g/mol. The first-order chi connectivity index (χ1) is 10.2. The molecule has 1 heterocycles. The van der Waals surface area contributed by atoms with E-state index in [1.807, 2.05) is 36.4 Å². The molecule has 0 saturated carbocycles. The maximum atomic E-state index is 10.5. The minimum absolute atomic E-state index is 0.555. The number of aliphatic hydroxyl groups excluding tert-OH is 1. The van der Waals surface area contributed by atoms with Gasteiger partial charge in [-0.1, -0.05) is 30.3 Å². The van der Waals surface area contributed by atoms with Crippen LogP contribution in [0.3, 0.4) is 0 Å². The molecule has 2 aromatic carbocycles. The predicted molar refractivity (Wildman–Crippen MR) is 87.7 cm³/mol. The second kappa shape index (κ2) is 5.66. The Hall–Kier alpha value is -2.20. The van der Waals surface area contributed by atoms with Gasteiger partial charge in [-0.3, -0.25) is 0 Å². The Morgan fingerprint density at radius 2 is 1.71 bits per heavy atom. The van der Waals surface area contributed by atoms with E-state index >= 15 is 0 Å². The number of nitrogen functional groups attached to an aromatic ring is 1. The molecule has 1 unspecified atom stereocenters. The normalized spacial score (nSPS) is 15.7. The molecule has 4 nitrogen and oxygen atoms in total. The zero-order valence-corrected chi connectivity index (χ0v) is 12.2. The summed E-state index contributed by atoms with van der Waals surface area (Å²) < 4.78 is 0. The van der Waals surface area contributed by atoms with Crippen LogP contribution in [0.5, 0.6) is 0 Å². The van der Waals surface area contributed by atoms with Gasteiger partial charge in [0.25, 0.3) is 0 Å². The number of benzene rings is 2. The summed E-state index contributed by atoms with van der Waals surface area (Å²) >= 11 is 0. The molecule has 3 N–H and O–H groups in total. The maximum absolute atomic E-state index is 10.5. The molecule has 0 aliphatic carbocycles. The van der Waals surface area contributed by atoms with Crippen LogP contribution in [0.25, 0.3) is 0 Å². The molecule has 0 bridgehead atoms. The number of anilines is 3. The molecule has 1 atom stereocenters. The lowest BCUT2D eigenvalue weighted by molar-refractivity contribution is 0.184. The van der Waals surface area contributed by atoms with Gasteiger partial charge in [0.05, 0.1) is 17.5 Å². The first-order valence-electron chi connectivity index (χ1n) is 7.24. The van der Waals surface area contributed by atoms with E-state index in [1.54, 1.807) is 0 Å². The molecule has 0 spiro atoms. The van der Waals surface area contributed by atoms with Crippen molar-refractivity contribution in [1.29, 1.82) is 0 Å². The molecule has 1 aliphatic rings. The van der Waals surface area contributed by atoms with E-state index < -0.39 is 6.10 Å². The Balaban J connectivity index is 1.83. The Labute approximate surface area is 125 Å². The fraction of sp³-hybridized carbons (Fsp3) is 0.294. The lowest BCUT2D eigenvalue weighted by atomic mass is 10.1. The maximum Gasteiger partial charge on any atom is 0.0984 e. The predicted octanol–water partition coefficient (Wildman–Crippen LogP) is 2.26. The summed E-state index contributed by atoms with van der Waals surface area (Å²) in [6.07, 6.45) is -0.581. The van der Waals surface area contributed by atoms with Gasteiger partial charge in [0, 0.05) is 37.9 Å². The first-order valence-corrected chi connectivity index (χ1v) is 7.24. The summed E-state index contributed by atoms with van der Waals surface area (Å²) in [6, 6.07) is 15.8. The van der Waals surface area contributed by atoms with Crippen LogP contribution in [0.2, 0.25) is 0 Å². The van der Waals surface area contributed by atoms with Crippen LogP contribution in [-0.2, 0) is 0 Å². The van der Waals surface area contributed by atoms with Gasteiger partial charge >= 0.3 is 0 Å². The Morgan fingerprint density at radius 3 is 2.48 bits per heavy atom. The van der Waals surface area contributed by atoms with Gasteiger partial charge in [0.15, 0.2) is 0 Å². The third kappa shape index (κ3) is 2.67. The highest BCUT2D eigenvalue weighted by molar-refractivity contribution is 5.73. The minimum Gasteiger partial charge on any atom is -0.398 e. The average Bonchev–Trinajstić information content (AvgIpc) is 2.51. The zero-order valence-electron chi connectivity index (χ0n) is 12.2. The van der Waals surface area contributed by atoms with Gasteiger partial charge in [-0.25, -0.2) is 0 Å². The number of para-hydroxylation sites is 3. The Morgan fingerprint density at radius 1 is 1.05 bits per heavy atom. The summed E-state index contributed by atoms with van der Waals surface area (Å²) in [6.45, 7) is 2.41. The molecule has 0 fully saturated rings. The zero-order chi connectivity index (χ0) is 14.8. The summed E-state index contributed by atoms with van der Waals surface area (Å²) in [7, 11) is 2.10. The van der Waals surface area contributed by atoms with Crippen molar-refractivity contribution >= 4 is 17.1 Å². The number of β-amino-alcohol motifs (C(OH)–C–C–N with tert-alkyl or cyclic N) is 1. The van der Waals surface area contributed by atoms with Gasteiger partial charge in [0.1, 0.15) is 0 Å². The number of nitrogens with zero attached hydrogens (tertiary/aromatic N) is 2. The second-order valence-electron chi connectivity index (χ2n) is 5.50. The van der Waals surface area contributed by atoms with E-state index in [-0.39, 0.29) is 0 Å². The molecule has 0 radical (unpaired) electrons. The van der Waals surface area contributed by atoms with E-state index in [4.69, 9.17) is 5.73 Å². The van der Waals surface area contributed by atoms with E-state index in [0.29, 0.717) is 12.2 Å². The molecule has 1 aliphatic heterocycles. The highest BCUT2D eigenvalue weighted by Gasteiger charge is 2.22. The van der Waals surface area contributed by atoms with Crippen LogP contribution in [0, 0.1) is 0 Å². The molecule has 0 saturated heterocycles. The van der Waals surface area contributed by atoms with Crippen molar-refractivity contribution in [2.75, 3.05) is 42.2 Å². The van der Waals surface area contributed by atoms with Crippen molar-refractivity contribution in [2.24, 2.45) is 0 Å². The van der Waals surface area contributed by atoms with Crippen LogP contribution in [0.15, 0.2) is 48.5 Å². The van der Waals surface area contributed by atoms with E-state index in [1.165, 1.54) is 11.4 Å². The van der Waals surface area contributed by atoms with Crippen LogP contribution in [0.4, 0.5) is 17.1 Å². The third-order valence-electron chi connectivity index (χ3n) is 4.09. The average molecular weight is 283 g/mol. The lowest BCUT2D eigenvalue weighted by Crippen LogP contribution is -2.41. The topological polar surface area (TPSA) is 52.7 Å². The largest absolute Gasteiger partial charge is 0.398 e. The summed E-state index contributed by atoms with van der Waals surface area (Å²) in [5.41, 5.74) is 9.77. The van der Waals surface area contributed by atoms with Gasteiger partial charge in [-0.05, 0) is 18.2 Å². The van der Waals surface area contributed by atoms with Gasteiger partial charge in [-0.2, -0.15) is 0 Å². The fourth-order valence-corrected chi connectivity index (χ4v) is 2.88. The monoisotopic (exact) mass is 283 g/mol. The van der Waals surface area contributed by atoms with Crippen molar-refractivity contribution in [3.05, 3.63) is 54.1 Å². The summed E-state index contributed by atoms with van der Waals surface area (Å²) in [5, 5.41) is 10.5. The Kier molecular flexibility index (Phi) is 3.71. The molecule has 2 aromatic rings. The highest BCUT2D eigenvalue weighted by atomic mass is 16.3. The summed E-state index contributed by atoms with van der Waals surface area (Å²) in [4.78, 5) is 4.47. The smallest absolute Gasteiger partial charge is 0.0984 e. The van der Waals surface area contributed by atoms with Crippen LogP contribution >= 0.6 is 0 Å². The number of nitrogens with two attached hydrogens (primary N) is 1. The molecule has 0 amide bonds. The van der Waals surface area contributed by atoms with E-state index in [0.717, 1.165) is 18.7 Å². The van der Waals surface area contributed by atoms with E-state index in [2.05, 4.69) is 29.0 Å². The number of hydrogen-bond donors (Lipinski definition) is 2. The van der Waals surface area contributed by atoms with Crippen LogP contribution in [-0.4, -0.2) is 31.8 Å². The van der Waals surface area contributed by atoms with Crippen molar-refractivity contribution in [2.45, 2.75) is 6.10 Å². The number of hydrogen-bond acceptors (Lipinski definition) is 4. The molecule has 3 rings (SSSR count). The molecule has 110 valence electrons. The van der Waals surface area contributed by atoms with Crippen LogP contribution in [0.1, 0.15) is 11.7 Å². The minimum atomic E-state index is -0.581. The van der Waals surface area contributed by atoms with E-state index in [9.17, 15) is 5.11 Å². The number of fused-ring (bicyclic) bond motifs is 1. The highest BCUT2D eigenvalue weighted by Crippen LogP contribution is 2.33. The lowest BCUT2D eigenvalue weighted by Gasteiger charge is -2.38. The SMILES string of the molecule is CN1CCN(CC(O)c2ccccc2N)c2ccccc21. The van der Waals surface area contributed by atoms with Crippen molar-refractivity contribution in [1.82, 2.24) is 0 Å². The van der Waals surface area contributed by atoms with Gasteiger partial charge in [0.2, 0.25) is 0 Å². The molecule has 4 heteroatoms. The van der Waals surface area contributed by atoms with Crippen molar-refractivity contribution in [3.63, 3.8) is 0 Å². The number of likely N-dealkylation sites (N-methyl/N-ethyl adjacent to an activating group) is 1. The van der Waals surface area contributed by atoms with Gasteiger partial charge < -0.3 is 20.6 Å². The second-order valence-corrected chi connectivity index (χ2v) is 5.50. The fourth-order valence-electron chi connectivity index (χ4n) is 2.88. The van der Waals surface area contributed by atoms with Crippen LogP contribution < -0.4 is 15.5 Å². The van der Waals surface area contributed by atoms with Crippen molar-refractivity contribution in [3.8, 4) is 0 Å². The molecule has 0 aromatic heterocycles. The first kappa shape index (κ1) is 13.8. The standard InChI is InChI=1S/C17H21N3O/c1-19-10-11-20(16-9-5-4-8-15(16)19)12-17(21)13-6-2-3-7-14(13)18/h2-9,17,21H,10-12,18H2,1H3. The van der Waals surface area contributed by atoms with Gasteiger partial charge in [-0.15, -0.1) is 0 Å². The Bertz CT molecular complexity index is 629. The number of rotatable bonds is 3. The molecular formula is C17H21N3O. The summed E-state index contributed by atoms with van der Waals surface area (Å²) in [5.74, 6) is 0. The quantitative estimate of drug-likeness (QED) is 0.848. The molecule has 21 heavy (non-hydrogen) atoms. The third-order valence-corrected chi connectivity index (χ3v) is 4.09.